The fraction of sp³-hybridized carbons (Fsp3) is 0.250. The molecule has 2 aromatic rings. The molecule has 1 spiro atoms. The van der Waals surface area contributed by atoms with Crippen LogP contribution >= 0.6 is 12.2 Å². The van der Waals surface area contributed by atoms with Crippen LogP contribution in [0.3, 0.4) is 0 Å². The fourth-order valence-electron chi connectivity index (χ4n) is 3.92. The van der Waals surface area contributed by atoms with Gasteiger partial charge < -0.3 is 16.0 Å². The molecule has 11 heteroatoms. The molecule has 0 bridgehead atoms. The first-order chi connectivity index (χ1) is 14.6. The Bertz CT molecular complexity index is 1170. The molecule has 1 aromatic heterocycles. The molecular weight excluding hydrogens is 429 g/mol. The summed E-state index contributed by atoms with van der Waals surface area (Å²) in [5, 5.41) is 16.5. The van der Waals surface area contributed by atoms with Gasteiger partial charge in [-0.2, -0.15) is 18.4 Å². The van der Waals surface area contributed by atoms with Crippen LogP contribution in [0.15, 0.2) is 30.5 Å². The molecule has 158 valence electrons. The largest absolute Gasteiger partial charge is 0.419 e. The number of thiocarbonyl (C=S) groups is 1. The topological polar surface area (TPSA) is 110 Å². The number of nitrogen functional groups attached to an aromatic ring is 1. The predicted molar refractivity (Wildman–Crippen MR) is 112 cm³/mol. The maximum atomic E-state index is 13.4. The molecule has 1 saturated heterocycles. The van der Waals surface area contributed by atoms with Crippen LogP contribution in [0, 0.1) is 16.7 Å². The standard InChI is InChI=1S/C20H15F3N6OS/c21-20(22,23)14-7-13(10-27-16(14)9-25)28-17(30)19(4-1-5-19)29(18(28)31)12-2-3-15(26)11(6-12)8-24/h2-3,6-8,10,24H,1,4-5,26H2. The van der Waals surface area contributed by atoms with E-state index in [4.69, 9.17) is 28.6 Å². The van der Waals surface area contributed by atoms with Crippen molar-refractivity contribution in [3.05, 3.63) is 47.3 Å². The molecule has 1 aliphatic heterocycles. The Morgan fingerprint density at radius 2 is 2.00 bits per heavy atom. The van der Waals surface area contributed by atoms with Crippen LogP contribution in [0.25, 0.3) is 0 Å². The van der Waals surface area contributed by atoms with Gasteiger partial charge in [-0.3, -0.25) is 9.69 Å². The van der Waals surface area contributed by atoms with Crippen molar-refractivity contribution >= 4 is 46.5 Å². The van der Waals surface area contributed by atoms with E-state index in [0.29, 0.717) is 29.8 Å². The average molecular weight is 444 g/mol. The lowest BCUT2D eigenvalue weighted by Crippen LogP contribution is -2.55. The first kappa shape index (κ1) is 20.7. The molecule has 0 atom stereocenters. The highest BCUT2D eigenvalue weighted by atomic mass is 32.1. The molecule has 2 aliphatic rings. The molecule has 7 nitrogen and oxygen atoms in total. The number of rotatable bonds is 3. The Balaban J connectivity index is 1.84. The summed E-state index contributed by atoms with van der Waals surface area (Å²) in [6, 6.07) is 7.00. The zero-order chi connectivity index (χ0) is 22.6. The summed E-state index contributed by atoms with van der Waals surface area (Å²) in [6.45, 7) is 0. The number of benzene rings is 1. The minimum Gasteiger partial charge on any atom is -0.398 e. The summed E-state index contributed by atoms with van der Waals surface area (Å²) in [5.74, 6) is -0.448. The second-order valence-electron chi connectivity index (χ2n) is 7.30. The Morgan fingerprint density at radius 3 is 2.55 bits per heavy atom. The minimum atomic E-state index is -4.82. The molecule has 1 aromatic carbocycles. The number of hydrogen-bond acceptors (Lipinski definition) is 6. The lowest BCUT2D eigenvalue weighted by molar-refractivity contribution is -0.138. The highest BCUT2D eigenvalue weighted by Crippen LogP contribution is 2.48. The fourth-order valence-corrected chi connectivity index (χ4v) is 4.38. The maximum Gasteiger partial charge on any atom is 0.419 e. The van der Waals surface area contributed by atoms with Crippen LogP contribution in [0.1, 0.15) is 36.1 Å². The number of nitrogens with one attached hydrogen (secondary N) is 1. The van der Waals surface area contributed by atoms with Gasteiger partial charge in [0.25, 0.3) is 5.91 Å². The van der Waals surface area contributed by atoms with Gasteiger partial charge in [0.05, 0.1) is 17.4 Å². The second-order valence-corrected chi connectivity index (χ2v) is 7.67. The number of carbonyl (C=O) groups excluding carboxylic acids is 1. The summed E-state index contributed by atoms with van der Waals surface area (Å²) in [4.78, 5) is 19.7. The first-order valence-electron chi connectivity index (χ1n) is 9.20. The molecule has 31 heavy (non-hydrogen) atoms. The lowest BCUT2D eigenvalue weighted by atomic mass is 9.75. The van der Waals surface area contributed by atoms with Crippen molar-refractivity contribution in [1.29, 1.82) is 10.7 Å². The van der Waals surface area contributed by atoms with E-state index >= 15 is 0 Å². The number of carbonyl (C=O) groups is 1. The summed E-state index contributed by atoms with van der Waals surface area (Å²) in [7, 11) is 0. The Labute approximate surface area is 180 Å². The van der Waals surface area contributed by atoms with E-state index in [0.717, 1.165) is 29.8 Å². The highest BCUT2D eigenvalue weighted by molar-refractivity contribution is 7.81. The molecule has 3 N–H and O–H groups in total. The number of hydrogen-bond donors (Lipinski definition) is 2. The predicted octanol–water partition coefficient (Wildman–Crippen LogP) is 3.61. The smallest absolute Gasteiger partial charge is 0.398 e. The van der Waals surface area contributed by atoms with E-state index in [9.17, 15) is 18.0 Å². The van der Waals surface area contributed by atoms with Crippen LogP contribution in [-0.4, -0.2) is 27.8 Å². The van der Waals surface area contributed by atoms with E-state index in [1.807, 2.05) is 0 Å². The van der Waals surface area contributed by atoms with Gasteiger partial charge in [0.2, 0.25) is 0 Å². The lowest BCUT2D eigenvalue weighted by Gasteiger charge is -2.43. The maximum absolute atomic E-state index is 13.4. The zero-order valence-corrected chi connectivity index (χ0v) is 16.7. The molecule has 1 amide bonds. The van der Waals surface area contributed by atoms with Crippen LogP contribution in [0.5, 0.6) is 0 Å². The third-order valence-corrected chi connectivity index (χ3v) is 5.98. The quantitative estimate of drug-likeness (QED) is 0.425. The van der Waals surface area contributed by atoms with E-state index in [1.165, 1.54) is 6.07 Å². The Hall–Kier alpha value is -3.52. The van der Waals surface area contributed by atoms with Crippen molar-refractivity contribution < 1.29 is 18.0 Å². The van der Waals surface area contributed by atoms with Crippen molar-refractivity contribution in [2.45, 2.75) is 31.0 Å². The van der Waals surface area contributed by atoms with Gasteiger partial charge in [0, 0.05) is 23.2 Å². The minimum absolute atomic E-state index is 0.00466. The first-order valence-corrected chi connectivity index (χ1v) is 9.61. The third kappa shape index (κ3) is 3.02. The van der Waals surface area contributed by atoms with Gasteiger partial charge in [0.1, 0.15) is 11.6 Å². The molecule has 0 unspecified atom stereocenters. The van der Waals surface area contributed by atoms with Gasteiger partial charge in [0.15, 0.2) is 10.8 Å². The molecule has 2 fully saturated rings. The number of pyridine rings is 1. The normalized spacial score (nSPS) is 17.6. The SMILES string of the molecule is N#Cc1ncc(N2C(=O)C3(CCC3)N(c3ccc(N)c(C=N)c3)C2=S)cc1C(F)(F)F. The van der Waals surface area contributed by atoms with Crippen LogP contribution < -0.4 is 15.5 Å². The summed E-state index contributed by atoms with van der Waals surface area (Å²) in [6.07, 6.45) is -0.997. The molecule has 2 heterocycles. The summed E-state index contributed by atoms with van der Waals surface area (Å²) in [5.41, 5.74) is 4.00. The average Bonchev–Trinajstić information content (AvgIpc) is 2.94. The van der Waals surface area contributed by atoms with Crippen molar-refractivity contribution in [3.8, 4) is 6.07 Å². The number of nitrogens with zero attached hydrogens (tertiary/aromatic N) is 4. The second kappa shape index (κ2) is 7.02. The van der Waals surface area contributed by atoms with Crippen molar-refractivity contribution in [1.82, 2.24) is 4.98 Å². The number of alkyl halides is 3. The van der Waals surface area contributed by atoms with Gasteiger partial charge >= 0.3 is 6.18 Å². The van der Waals surface area contributed by atoms with Crippen LogP contribution in [-0.2, 0) is 11.0 Å². The molecule has 0 radical (unpaired) electrons. The van der Waals surface area contributed by atoms with Gasteiger partial charge in [-0.1, -0.05) is 0 Å². The number of amides is 1. The zero-order valence-electron chi connectivity index (χ0n) is 15.9. The molecule has 4 rings (SSSR count). The van der Waals surface area contributed by atoms with Gasteiger partial charge in [-0.15, -0.1) is 0 Å². The van der Waals surface area contributed by atoms with E-state index in [2.05, 4.69) is 4.98 Å². The number of anilines is 3. The van der Waals surface area contributed by atoms with Crippen LogP contribution in [0.4, 0.5) is 30.2 Å². The number of nitriles is 1. The Morgan fingerprint density at radius 1 is 1.29 bits per heavy atom. The highest BCUT2D eigenvalue weighted by Gasteiger charge is 2.59. The Kier molecular flexibility index (Phi) is 4.70. The van der Waals surface area contributed by atoms with Crippen molar-refractivity contribution in [3.63, 3.8) is 0 Å². The molecule has 1 aliphatic carbocycles. The van der Waals surface area contributed by atoms with E-state index < -0.39 is 28.9 Å². The van der Waals surface area contributed by atoms with Gasteiger partial charge in [-0.25, -0.2) is 4.98 Å². The summed E-state index contributed by atoms with van der Waals surface area (Å²) < 4.78 is 40.3. The number of nitrogens with two attached hydrogens (primary N) is 1. The van der Waals surface area contributed by atoms with Crippen LogP contribution in [0.2, 0.25) is 0 Å². The number of aromatic nitrogens is 1. The van der Waals surface area contributed by atoms with E-state index in [1.54, 1.807) is 23.1 Å². The molecular formula is C20H15F3N6OS. The third-order valence-electron chi connectivity index (χ3n) is 5.62. The monoisotopic (exact) mass is 444 g/mol. The van der Waals surface area contributed by atoms with Crippen molar-refractivity contribution in [2.24, 2.45) is 0 Å². The summed E-state index contributed by atoms with van der Waals surface area (Å²) >= 11 is 5.53. The molecule has 1 saturated carbocycles. The van der Waals surface area contributed by atoms with Crippen molar-refractivity contribution in [2.75, 3.05) is 15.5 Å². The number of halogens is 3. The van der Waals surface area contributed by atoms with E-state index in [-0.39, 0.29) is 10.8 Å². The van der Waals surface area contributed by atoms with Gasteiger partial charge in [-0.05, 0) is 55.7 Å².